The van der Waals surface area contributed by atoms with E-state index in [2.05, 4.69) is 20.6 Å². The molecule has 0 fully saturated rings. The first-order chi connectivity index (χ1) is 13.1. The van der Waals surface area contributed by atoms with Crippen molar-refractivity contribution in [2.75, 3.05) is 17.7 Å². The summed E-state index contributed by atoms with van der Waals surface area (Å²) in [4.78, 5) is 31.1. The molecular formula is C20H20N4O3. The topological polar surface area (TPSA) is 96.1 Å². The van der Waals surface area contributed by atoms with E-state index in [4.69, 9.17) is 4.74 Å². The van der Waals surface area contributed by atoms with Crippen molar-refractivity contribution in [1.29, 1.82) is 0 Å². The van der Waals surface area contributed by atoms with Gasteiger partial charge in [-0.25, -0.2) is 4.98 Å². The molecule has 1 aliphatic rings. The number of hydrogen-bond donors (Lipinski definition) is 3. The number of methoxy groups -OCH3 is 1. The van der Waals surface area contributed by atoms with Crippen LogP contribution in [0.4, 0.5) is 11.6 Å². The molecule has 2 aromatic carbocycles. The maximum absolute atomic E-state index is 12.2. The molecular weight excluding hydrogens is 344 g/mol. The monoisotopic (exact) mass is 364 g/mol. The number of aromatic nitrogens is 2. The Morgan fingerprint density at radius 1 is 1.30 bits per heavy atom. The van der Waals surface area contributed by atoms with Crippen LogP contribution in [0.5, 0.6) is 5.75 Å². The van der Waals surface area contributed by atoms with Crippen LogP contribution in [0, 0.1) is 0 Å². The number of rotatable bonds is 6. The number of hydrogen-bond acceptors (Lipinski definition) is 4. The van der Waals surface area contributed by atoms with Crippen LogP contribution in [0.15, 0.2) is 36.4 Å². The third-order valence-corrected chi connectivity index (χ3v) is 4.62. The Hall–Kier alpha value is -3.35. The molecule has 7 nitrogen and oxygen atoms in total. The summed E-state index contributed by atoms with van der Waals surface area (Å²) in [6, 6.07) is 11.5. The SMILES string of the molecule is COc1cccc2[nH]c(NC(=O)CCCc3ccc4c(c3)CC(=O)N4)nc12. The molecule has 3 N–H and O–H groups in total. The number of amides is 2. The molecule has 2 amide bonds. The van der Waals surface area contributed by atoms with Crippen molar-refractivity contribution in [3.8, 4) is 5.75 Å². The number of anilines is 2. The van der Waals surface area contributed by atoms with E-state index >= 15 is 0 Å². The zero-order valence-electron chi connectivity index (χ0n) is 15.0. The summed E-state index contributed by atoms with van der Waals surface area (Å²) in [5.74, 6) is 1.02. The highest BCUT2D eigenvalue weighted by Crippen LogP contribution is 2.25. The molecule has 7 heteroatoms. The molecule has 0 saturated carbocycles. The second kappa shape index (κ2) is 7.11. The van der Waals surface area contributed by atoms with E-state index in [0.29, 0.717) is 30.1 Å². The second-order valence-electron chi connectivity index (χ2n) is 6.56. The average Bonchev–Trinajstić information content (AvgIpc) is 3.22. The number of para-hydroxylation sites is 1. The molecule has 138 valence electrons. The average molecular weight is 364 g/mol. The van der Waals surface area contributed by atoms with Gasteiger partial charge >= 0.3 is 0 Å². The lowest BCUT2D eigenvalue weighted by Crippen LogP contribution is -2.12. The molecule has 2 heterocycles. The van der Waals surface area contributed by atoms with Crippen molar-refractivity contribution < 1.29 is 14.3 Å². The third-order valence-electron chi connectivity index (χ3n) is 4.62. The summed E-state index contributed by atoms with van der Waals surface area (Å²) in [5, 5.41) is 5.62. The minimum atomic E-state index is -0.0916. The highest BCUT2D eigenvalue weighted by molar-refractivity contribution is 5.99. The van der Waals surface area contributed by atoms with Gasteiger partial charge in [0.15, 0.2) is 0 Å². The first-order valence-electron chi connectivity index (χ1n) is 8.86. The van der Waals surface area contributed by atoms with Gasteiger partial charge in [-0.1, -0.05) is 18.2 Å². The van der Waals surface area contributed by atoms with Crippen molar-refractivity contribution in [2.45, 2.75) is 25.7 Å². The number of H-pyrrole nitrogens is 1. The van der Waals surface area contributed by atoms with Crippen molar-refractivity contribution in [3.05, 3.63) is 47.5 Å². The van der Waals surface area contributed by atoms with Crippen LogP contribution in [-0.2, 0) is 22.4 Å². The summed E-state index contributed by atoms with van der Waals surface area (Å²) in [7, 11) is 1.59. The van der Waals surface area contributed by atoms with E-state index in [1.165, 1.54) is 0 Å². The maximum Gasteiger partial charge on any atom is 0.228 e. The second-order valence-corrected chi connectivity index (χ2v) is 6.56. The Bertz CT molecular complexity index is 1030. The van der Waals surface area contributed by atoms with Crippen molar-refractivity contribution in [2.24, 2.45) is 0 Å². The Kier molecular flexibility index (Phi) is 4.50. The number of aryl methyl sites for hydroxylation is 1. The standard InChI is InChI=1S/C20H20N4O3/c1-27-16-6-3-5-15-19(16)24-20(22-15)23-17(25)7-2-4-12-8-9-14-13(10-12)11-18(26)21-14/h3,5-6,8-10H,2,4,7,11H2,1H3,(H,21,26)(H2,22,23,24,25). The van der Waals surface area contributed by atoms with Gasteiger partial charge in [0.25, 0.3) is 0 Å². The van der Waals surface area contributed by atoms with Crippen LogP contribution in [0.2, 0.25) is 0 Å². The quantitative estimate of drug-likeness (QED) is 0.626. The molecule has 3 aromatic rings. The van der Waals surface area contributed by atoms with Gasteiger partial charge in [0.1, 0.15) is 11.3 Å². The normalized spacial score (nSPS) is 12.7. The number of imidazole rings is 1. The van der Waals surface area contributed by atoms with Gasteiger partial charge in [-0.2, -0.15) is 0 Å². The Morgan fingerprint density at radius 2 is 2.19 bits per heavy atom. The molecule has 4 rings (SSSR count). The number of nitrogens with one attached hydrogen (secondary N) is 3. The first kappa shape index (κ1) is 17.1. The highest BCUT2D eigenvalue weighted by Gasteiger charge is 2.17. The minimum Gasteiger partial charge on any atom is -0.494 e. The predicted octanol–water partition coefficient (Wildman–Crippen LogP) is 3.03. The van der Waals surface area contributed by atoms with Gasteiger partial charge in [0.05, 0.1) is 19.0 Å². The lowest BCUT2D eigenvalue weighted by Gasteiger charge is -2.05. The number of aromatic amines is 1. The van der Waals surface area contributed by atoms with Crippen molar-refractivity contribution >= 4 is 34.5 Å². The fourth-order valence-electron chi connectivity index (χ4n) is 3.32. The summed E-state index contributed by atoms with van der Waals surface area (Å²) in [6.45, 7) is 0. The maximum atomic E-state index is 12.2. The Morgan fingerprint density at radius 3 is 3.04 bits per heavy atom. The molecule has 0 radical (unpaired) electrons. The third kappa shape index (κ3) is 3.62. The van der Waals surface area contributed by atoms with Crippen LogP contribution in [-0.4, -0.2) is 28.9 Å². The number of benzene rings is 2. The van der Waals surface area contributed by atoms with Gasteiger partial charge < -0.3 is 15.0 Å². The van der Waals surface area contributed by atoms with Crippen LogP contribution in [0.25, 0.3) is 11.0 Å². The number of fused-ring (bicyclic) bond motifs is 2. The number of carbonyl (C=O) groups is 2. The van der Waals surface area contributed by atoms with Gasteiger partial charge in [-0.15, -0.1) is 0 Å². The fraction of sp³-hybridized carbons (Fsp3) is 0.250. The largest absolute Gasteiger partial charge is 0.494 e. The summed E-state index contributed by atoms with van der Waals surface area (Å²) in [6.07, 6.45) is 2.32. The molecule has 0 unspecified atom stereocenters. The number of carbonyl (C=O) groups excluding carboxylic acids is 2. The van der Waals surface area contributed by atoms with E-state index < -0.39 is 0 Å². The molecule has 1 aliphatic heterocycles. The van der Waals surface area contributed by atoms with E-state index in [1.54, 1.807) is 7.11 Å². The summed E-state index contributed by atoms with van der Waals surface area (Å²) < 4.78 is 5.28. The predicted molar refractivity (Wildman–Crippen MR) is 103 cm³/mol. The minimum absolute atomic E-state index is 0.0315. The molecule has 0 bridgehead atoms. The number of ether oxygens (including phenoxy) is 1. The van der Waals surface area contributed by atoms with Crippen LogP contribution < -0.4 is 15.4 Å². The molecule has 0 saturated heterocycles. The van der Waals surface area contributed by atoms with E-state index in [-0.39, 0.29) is 11.8 Å². The van der Waals surface area contributed by atoms with Crippen molar-refractivity contribution in [1.82, 2.24) is 9.97 Å². The van der Waals surface area contributed by atoms with Gasteiger partial charge in [-0.3, -0.25) is 14.9 Å². The van der Waals surface area contributed by atoms with Crippen LogP contribution >= 0.6 is 0 Å². The first-order valence-corrected chi connectivity index (χ1v) is 8.86. The Labute approximate surface area is 156 Å². The van der Waals surface area contributed by atoms with Crippen LogP contribution in [0.3, 0.4) is 0 Å². The van der Waals surface area contributed by atoms with Gasteiger partial charge in [-0.05, 0) is 42.2 Å². The fourth-order valence-corrected chi connectivity index (χ4v) is 3.32. The molecule has 0 spiro atoms. The zero-order valence-corrected chi connectivity index (χ0v) is 15.0. The van der Waals surface area contributed by atoms with E-state index in [9.17, 15) is 9.59 Å². The summed E-state index contributed by atoms with van der Waals surface area (Å²) in [5.41, 5.74) is 4.55. The summed E-state index contributed by atoms with van der Waals surface area (Å²) >= 11 is 0. The Balaban J connectivity index is 1.33. The lowest BCUT2D eigenvalue weighted by atomic mass is 10.0. The zero-order chi connectivity index (χ0) is 18.8. The lowest BCUT2D eigenvalue weighted by molar-refractivity contribution is -0.116. The van der Waals surface area contributed by atoms with Gasteiger partial charge in [0.2, 0.25) is 17.8 Å². The molecule has 1 aromatic heterocycles. The molecule has 0 atom stereocenters. The van der Waals surface area contributed by atoms with Gasteiger partial charge in [0, 0.05) is 12.1 Å². The highest BCUT2D eigenvalue weighted by atomic mass is 16.5. The smallest absolute Gasteiger partial charge is 0.228 e. The molecule has 27 heavy (non-hydrogen) atoms. The van der Waals surface area contributed by atoms with E-state index in [1.807, 2.05) is 36.4 Å². The van der Waals surface area contributed by atoms with E-state index in [0.717, 1.165) is 35.2 Å². The number of nitrogens with zero attached hydrogens (tertiary/aromatic N) is 1. The van der Waals surface area contributed by atoms with Crippen LogP contribution in [0.1, 0.15) is 24.0 Å². The molecule has 0 aliphatic carbocycles. The van der Waals surface area contributed by atoms with Crippen molar-refractivity contribution in [3.63, 3.8) is 0 Å².